The van der Waals surface area contributed by atoms with Gasteiger partial charge in [-0.2, -0.15) is 0 Å². The van der Waals surface area contributed by atoms with Gasteiger partial charge in [0.2, 0.25) is 0 Å². The lowest BCUT2D eigenvalue weighted by Gasteiger charge is -2.15. The zero-order valence-electron chi connectivity index (χ0n) is 10.3. The third kappa shape index (κ3) is 3.42. The Morgan fingerprint density at radius 3 is 2.83 bits per heavy atom. The second-order valence-corrected chi connectivity index (χ2v) is 3.64. The average Bonchev–Trinajstić information content (AvgIpc) is 2.43. The highest BCUT2D eigenvalue weighted by molar-refractivity contribution is 5.98. The molecule has 0 aliphatic heterocycles. The van der Waals surface area contributed by atoms with Gasteiger partial charge in [-0.1, -0.05) is 5.16 Å². The smallest absolute Gasteiger partial charge is 0.272 e. The van der Waals surface area contributed by atoms with Crippen molar-refractivity contribution in [2.45, 2.75) is 0 Å². The monoisotopic (exact) mass is 252 g/mol. The Morgan fingerprint density at radius 1 is 1.61 bits per heavy atom. The molecule has 0 bridgehead atoms. The SMILES string of the molecule is COCCN(C)C(=O)c1ccc(C(N)=NO)cn1. The van der Waals surface area contributed by atoms with Gasteiger partial charge in [-0.15, -0.1) is 0 Å². The van der Waals surface area contributed by atoms with Gasteiger partial charge in [-0.25, -0.2) is 0 Å². The van der Waals surface area contributed by atoms with Gasteiger partial charge in [-0.3, -0.25) is 9.78 Å². The van der Waals surface area contributed by atoms with Crippen LogP contribution >= 0.6 is 0 Å². The summed E-state index contributed by atoms with van der Waals surface area (Å²) in [4.78, 5) is 17.4. The molecule has 1 aromatic heterocycles. The molecule has 0 saturated heterocycles. The van der Waals surface area contributed by atoms with Crippen molar-refractivity contribution in [1.82, 2.24) is 9.88 Å². The summed E-state index contributed by atoms with van der Waals surface area (Å²) in [6.07, 6.45) is 1.38. The molecular formula is C11H16N4O3. The van der Waals surface area contributed by atoms with Crippen molar-refractivity contribution >= 4 is 11.7 Å². The van der Waals surface area contributed by atoms with Gasteiger partial charge in [-0.05, 0) is 12.1 Å². The lowest BCUT2D eigenvalue weighted by atomic mass is 10.2. The third-order valence-corrected chi connectivity index (χ3v) is 2.36. The molecular weight excluding hydrogens is 236 g/mol. The number of nitrogens with two attached hydrogens (primary N) is 1. The zero-order valence-corrected chi connectivity index (χ0v) is 10.3. The molecule has 0 fully saturated rings. The van der Waals surface area contributed by atoms with Crippen LogP contribution in [0.25, 0.3) is 0 Å². The van der Waals surface area contributed by atoms with Crippen molar-refractivity contribution in [1.29, 1.82) is 0 Å². The lowest BCUT2D eigenvalue weighted by molar-refractivity contribution is 0.0738. The number of ether oxygens (including phenoxy) is 1. The molecule has 18 heavy (non-hydrogen) atoms. The van der Waals surface area contributed by atoms with Gasteiger partial charge in [0.15, 0.2) is 5.84 Å². The minimum atomic E-state index is -0.210. The maximum atomic E-state index is 11.9. The summed E-state index contributed by atoms with van der Waals surface area (Å²) in [5.41, 5.74) is 6.14. The van der Waals surface area contributed by atoms with Crippen molar-refractivity contribution in [3.05, 3.63) is 29.6 Å². The topological polar surface area (TPSA) is 101 Å². The van der Waals surface area contributed by atoms with E-state index in [0.717, 1.165) is 0 Å². The van der Waals surface area contributed by atoms with Crippen LogP contribution in [-0.2, 0) is 4.74 Å². The fourth-order valence-corrected chi connectivity index (χ4v) is 1.25. The molecule has 0 spiro atoms. The highest BCUT2D eigenvalue weighted by atomic mass is 16.5. The number of likely N-dealkylation sites (N-methyl/N-ethyl adjacent to an activating group) is 1. The number of aromatic nitrogens is 1. The van der Waals surface area contributed by atoms with Crippen LogP contribution in [0.2, 0.25) is 0 Å². The Morgan fingerprint density at radius 2 is 2.33 bits per heavy atom. The van der Waals surface area contributed by atoms with Crippen molar-refractivity contribution in [3.63, 3.8) is 0 Å². The first-order chi connectivity index (χ1) is 8.60. The number of rotatable bonds is 5. The van der Waals surface area contributed by atoms with Gasteiger partial charge in [0.05, 0.1) is 6.61 Å². The van der Waals surface area contributed by atoms with Crippen LogP contribution in [0.15, 0.2) is 23.5 Å². The predicted molar refractivity (Wildman–Crippen MR) is 65.6 cm³/mol. The number of hydrogen-bond acceptors (Lipinski definition) is 5. The normalized spacial score (nSPS) is 11.3. The van der Waals surface area contributed by atoms with E-state index in [2.05, 4.69) is 10.1 Å². The second-order valence-electron chi connectivity index (χ2n) is 3.64. The maximum absolute atomic E-state index is 11.9. The largest absolute Gasteiger partial charge is 0.409 e. The molecule has 0 saturated carbocycles. The molecule has 0 aromatic carbocycles. The van der Waals surface area contributed by atoms with E-state index in [4.69, 9.17) is 15.7 Å². The molecule has 0 atom stereocenters. The number of oxime groups is 1. The molecule has 1 amide bonds. The van der Waals surface area contributed by atoms with Gasteiger partial charge in [0.1, 0.15) is 5.69 Å². The summed E-state index contributed by atoms with van der Waals surface area (Å²) in [6.45, 7) is 0.948. The molecule has 7 heteroatoms. The second kappa shape index (κ2) is 6.55. The quantitative estimate of drug-likeness (QED) is 0.329. The Bertz CT molecular complexity index is 430. The predicted octanol–water partition coefficient (Wildman–Crippen LogP) is -0.105. The number of pyridine rings is 1. The zero-order chi connectivity index (χ0) is 13.5. The molecule has 98 valence electrons. The van der Waals surface area contributed by atoms with E-state index >= 15 is 0 Å². The first-order valence-corrected chi connectivity index (χ1v) is 5.28. The Kier molecular flexibility index (Phi) is 5.06. The van der Waals surface area contributed by atoms with Gasteiger partial charge >= 0.3 is 0 Å². The minimum Gasteiger partial charge on any atom is -0.409 e. The number of amidine groups is 1. The van der Waals surface area contributed by atoms with E-state index in [9.17, 15) is 4.79 Å². The van der Waals surface area contributed by atoms with E-state index in [1.807, 2.05) is 0 Å². The van der Waals surface area contributed by atoms with Crippen molar-refractivity contribution in [2.24, 2.45) is 10.9 Å². The number of hydrogen-bond donors (Lipinski definition) is 2. The van der Waals surface area contributed by atoms with E-state index in [0.29, 0.717) is 24.4 Å². The molecule has 0 radical (unpaired) electrons. The van der Waals surface area contributed by atoms with Crippen molar-refractivity contribution in [2.75, 3.05) is 27.3 Å². The highest BCUT2D eigenvalue weighted by Gasteiger charge is 2.13. The fourth-order valence-electron chi connectivity index (χ4n) is 1.25. The van der Waals surface area contributed by atoms with Crippen LogP contribution < -0.4 is 5.73 Å². The van der Waals surface area contributed by atoms with Crippen LogP contribution in [-0.4, -0.2) is 54.1 Å². The Hall–Kier alpha value is -2.15. The first kappa shape index (κ1) is 13.9. The number of methoxy groups -OCH3 is 1. The fraction of sp³-hybridized carbons (Fsp3) is 0.364. The third-order valence-electron chi connectivity index (χ3n) is 2.36. The highest BCUT2D eigenvalue weighted by Crippen LogP contribution is 2.03. The Balaban J connectivity index is 2.76. The first-order valence-electron chi connectivity index (χ1n) is 5.28. The molecule has 1 heterocycles. The summed E-state index contributed by atoms with van der Waals surface area (Å²) in [7, 11) is 3.24. The van der Waals surface area contributed by atoms with E-state index in [-0.39, 0.29) is 11.7 Å². The molecule has 3 N–H and O–H groups in total. The van der Waals surface area contributed by atoms with Crippen LogP contribution in [0.1, 0.15) is 16.1 Å². The van der Waals surface area contributed by atoms with E-state index in [1.54, 1.807) is 20.2 Å². The van der Waals surface area contributed by atoms with Crippen molar-refractivity contribution < 1.29 is 14.7 Å². The summed E-state index contributed by atoms with van der Waals surface area (Å²) in [5.74, 6) is -0.257. The molecule has 1 aromatic rings. The Labute approximate surface area is 105 Å². The van der Waals surface area contributed by atoms with Crippen LogP contribution in [0.5, 0.6) is 0 Å². The van der Waals surface area contributed by atoms with Gasteiger partial charge in [0.25, 0.3) is 5.91 Å². The number of amides is 1. The van der Waals surface area contributed by atoms with Crippen LogP contribution in [0, 0.1) is 0 Å². The number of nitrogens with zero attached hydrogens (tertiary/aromatic N) is 3. The molecule has 1 rings (SSSR count). The standard InChI is InChI=1S/C11H16N4O3/c1-15(5-6-18-2)11(16)9-4-3-8(7-13-9)10(12)14-17/h3-4,7,17H,5-6H2,1-2H3,(H2,12,14). The van der Waals surface area contributed by atoms with E-state index in [1.165, 1.54) is 17.2 Å². The number of carbonyl (C=O) groups is 1. The van der Waals surface area contributed by atoms with Crippen LogP contribution in [0.4, 0.5) is 0 Å². The summed E-state index contributed by atoms with van der Waals surface area (Å²) >= 11 is 0. The van der Waals surface area contributed by atoms with Gasteiger partial charge < -0.3 is 20.6 Å². The van der Waals surface area contributed by atoms with Crippen molar-refractivity contribution in [3.8, 4) is 0 Å². The summed E-state index contributed by atoms with van der Waals surface area (Å²) in [5, 5.41) is 11.3. The summed E-state index contributed by atoms with van der Waals surface area (Å²) in [6, 6.07) is 3.10. The molecule has 7 nitrogen and oxygen atoms in total. The lowest BCUT2D eigenvalue weighted by Crippen LogP contribution is -2.30. The van der Waals surface area contributed by atoms with Crippen LogP contribution in [0.3, 0.4) is 0 Å². The van der Waals surface area contributed by atoms with E-state index < -0.39 is 0 Å². The molecule has 0 aliphatic carbocycles. The average molecular weight is 252 g/mol. The summed E-state index contributed by atoms with van der Waals surface area (Å²) < 4.78 is 4.89. The molecule has 0 aliphatic rings. The molecule has 0 unspecified atom stereocenters. The maximum Gasteiger partial charge on any atom is 0.272 e. The number of carbonyl (C=O) groups excluding carboxylic acids is 1. The van der Waals surface area contributed by atoms with Gasteiger partial charge in [0, 0.05) is 32.5 Å². The minimum absolute atomic E-state index is 0.0470.